The third-order valence-electron chi connectivity index (χ3n) is 2.88. The third kappa shape index (κ3) is 9.05. The van der Waals surface area contributed by atoms with Crippen LogP contribution >= 0.6 is 0 Å². The molecule has 0 aliphatic heterocycles. The minimum Gasteiger partial charge on any atom is -0.445 e. The van der Waals surface area contributed by atoms with E-state index in [4.69, 9.17) is 9.47 Å². The van der Waals surface area contributed by atoms with Gasteiger partial charge in [-0.25, -0.2) is 4.79 Å². The van der Waals surface area contributed by atoms with Crippen LogP contribution in [0.2, 0.25) is 0 Å². The molecule has 1 unspecified atom stereocenters. The van der Waals surface area contributed by atoms with Gasteiger partial charge in [-0.05, 0) is 18.4 Å². The average Bonchev–Trinajstić information content (AvgIpc) is 2.50. The summed E-state index contributed by atoms with van der Waals surface area (Å²) in [6.45, 7) is 3.66. The van der Waals surface area contributed by atoms with E-state index in [0.717, 1.165) is 18.4 Å². The van der Waals surface area contributed by atoms with Gasteiger partial charge in [0.2, 0.25) is 0 Å². The Morgan fingerprint density at radius 3 is 2.81 bits per heavy atom. The van der Waals surface area contributed by atoms with Gasteiger partial charge < -0.3 is 19.9 Å². The van der Waals surface area contributed by atoms with Crippen molar-refractivity contribution in [2.24, 2.45) is 0 Å². The van der Waals surface area contributed by atoms with Gasteiger partial charge in [0.1, 0.15) is 6.61 Å². The van der Waals surface area contributed by atoms with Crippen molar-refractivity contribution in [2.75, 3.05) is 19.8 Å². The first kappa shape index (κ1) is 17.5. The van der Waals surface area contributed by atoms with Crippen molar-refractivity contribution in [1.29, 1.82) is 0 Å². The van der Waals surface area contributed by atoms with Crippen molar-refractivity contribution in [3.05, 3.63) is 35.9 Å². The highest BCUT2D eigenvalue weighted by molar-refractivity contribution is 5.67. The molecule has 0 saturated heterocycles. The molecule has 1 atom stereocenters. The van der Waals surface area contributed by atoms with Gasteiger partial charge in [-0.1, -0.05) is 43.7 Å². The molecular formula is C16H25NO4. The molecule has 118 valence electrons. The lowest BCUT2D eigenvalue weighted by Gasteiger charge is -2.10. The number of amides is 1. The van der Waals surface area contributed by atoms with Crippen molar-refractivity contribution >= 4 is 6.09 Å². The number of aliphatic hydroxyl groups excluding tert-OH is 1. The molecule has 5 heteroatoms. The van der Waals surface area contributed by atoms with Gasteiger partial charge in [0.05, 0.1) is 12.7 Å². The maximum atomic E-state index is 11.4. The summed E-state index contributed by atoms with van der Waals surface area (Å²) in [5.74, 6) is 0. The number of nitrogens with one attached hydrogen (secondary N) is 1. The van der Waals surface area contributed by atoms with E-state index in [0.29, 0.717) is 26.2 Å². The number of ether oxygens (including phenoxy) is 2. The van der Waals surface area contributed by atoms with E-state index in [1.54, 1.807) is 0 Å². The van der Waals surface area contributed by atoms with Gasteiger partial charge in [0.15, 0.2) is 0 Å². The maximum absolute atomic E-state index is 11.4. The highest BCUT2D eigenvalue weighted by Crippen LogP contribution is 2.00. The van der Waals surface area contributed by atoms with E-state index < -0.39 is 12.2 Å². The standard InChI is InChI=1S/C16H25NO4/c1-2-7-15(18)13-20-11-6-10-17-16(19)21-12-14-8-4-3-5-9-14/h3-5,8-9,15,18H,2,6-7,10-13H2,1H3,(H,17,19). The number of rotatable bonds is 10. The Morgan fingerprint density at radius 2 is 2.10 bits per heavy atom. The van der Waals surface area contributed by atoms with Crippen LogP contribution in [-0.4, -0.2) is 37.1 Å². The largest absolute Gasteiger partial charge is 0.445 e. The van der Waals surface area contributed by atoms with Gasteiger partial charge in [-0.2, -0.15) is 0 Å². The quantitative estimate of drug-likeness (QED) is 0.651. The molecule has 0 saturated carbocycles. The molecule has 1 rings (SSSR count). The van der Waals surface area contributed by atoms with Gasteiger partial charge >= 0.3 is 6.09 Å². The first-order valence-corrected chi connectivity index (χ1v) is 7.42. The normalized spacial score (nSPS) is 11.9. The number of benzene rings is 1. The Labute approximate surface area is 126 Å². The highest BCUT2D eigenvalue weighted by Gasteiger charge is 2.03. The summed E-state index contributed by atoms with van der Waals surface area (Å²) in [4.78, 5) is 11.4. The summed E-state index contributed by atoms with van der Waals surface area (Å²) in [6, 6.07) is 9.54. The zero-order chi connectivity index (χ0) is 15.3. The topological polar surface area (TPSA) is 67.8 Å². The zero-order valence-corrected chi connectivity index (χ0v) is 12.6. The van der Waals surface area contributed by atoms with Crippen LogP contribution in [0.15, 0.2) is 30.3 Å². The Balaban J connectivity index is 1.96. The summed E-state index contributed by atoms with van der Waals surface area (Å²) in [5, 5.41) is 12.1. The van der Waals surface area contributed by atoms with E-state index in [1.165, 1.54) is 0 Å². The third-order valence-corrected chi connectivity index (χ3v) is 2.88. The molecule has 2 N–H and O–H groups in total. The van der Waals surface area contributed by atoms with Crippen LogP contribution in [0.25, 0.3) is 0 Å². The minimum atomic E-state index is -0.426. The predicted octanol–water partition coefficient (Wildman–Crippen LogP) is 2.48. The summed E-state index contributed by atoms with van der Waals surface area (Å²) in [6.07, 6.45) is 1.58. The molecule has 0 bridgehead atoms. The molecule has 0 aliphatic rings. The fourth-order valence-electron chi connectivity index (χ4n) is 1.77. The summed E-state index contributed by atoms with van der Waals surface area (Å²) in [7, 11) is 0. The molecular weight excluding hydrogens is 270 g/mol. The number of hydrogen-bond acceptors (Lipinski definition) is 4. The zero-order valence-electron chi connectivity index (χ0n) is 12.6. The fourth-order valence-corrected chi connectivity index (χ4v) is 1.77. The molecule has 21 heavy (non-hydrogen) atoms. The van der Waals surface area contributed by atoms with Crippen LogP contribution < -0.4 is 5.32 Å². The molecule has 0 spiro atoms. The van der Waals surface area contributed by atoms with Crippen LogP contribution in [0.1, 0.15) is 31.7 Å². The smallest absolute Gasteiger partial charge is 0.407 e. The van der Waals surface area contributed by atoms with Crippen molar-refractivity contribution in [3.63, 3.8) is 0 Å². The van der Waals surface area contributed by atoms with E-state index in [9.17, 15) is 9.90 Å². The monoisotopic (exact) mass is 295 g/mol. The number of carbonyl (C=O) groups excluding carboxylic acids is 1. The van der Waals surface area contributed by atoms with E-state index in [-0.39, 0.29) is 6.61 Å². The molecule has 0 radical (unpaired) electrons. The second kappa shape index (κ2) is 11.1. The van der Waals surface area contributed by atoms with Gasteiger partial charge in [-0.3, -0.25) is 0 Å². The predicted molar refractivity (Wildman–Crippen MR) is 81.0 cm³/mol. The lowest BCUT2D eigenvalue weighted by atomic mass is 10.2. The molecule has 0 fully saturated rings. The molecule has 1 amide bonds. The molecule has 0 heterocycles. The highest BCUT2D eigenvalue weighted by atomic mass is 16.5. The first-order valence-electron chi connectivity index (χ1n) is 7.42. The Kier molecular flexibility index (Phi) is 9.24. The number of hydrogen-bond donors (Lipinski definition) is 2. The van der Waals surface area contributed by atoms with Crippen molar-refractivity contribution in [2.45, 2.75) is 38.9 Å². The fraction of sp³-hybridized carbons (Fsp3) is 0.562. The van der Waals surface area contributed by atoms with Crippen LogP contribution in [0.4, 0.5) is 4.79 Å². The van der Waals surface area contributed by atoms with E-state index >= 15 is 0 Å². The first-order chi connectivity index (χ1) is 10.2. The second-order valence-corrected chi connectivity index (χ2v) is 4.86. The minimum absolute atomic E-state index is 0.270. The van der Waals surface area contributed by atoms with Gasteiger partial charge in [-0.15, -0.1) is 0 Å². The summed E-state index contributed by atoms with van der Waals surface area (Å²) >= 11 is 0. The Morgan fingerprint density at radius 1 is 1.33 bits per heavy atom. The lowest BCUT2D eigenvalue weighted by molar-refractivity contribution is 0.0313. The van der Waals surface area contributed by atoms with Crippen LogP contribution in [0, 0.1) is 0 Å². The van der Waals surface area contributed by atoms with Crippen LogP contribution in [0.3, 0.4) is 0 Å². The van der Waals surface area contributed by atoms with E-state index in [2.05, 4.69) is 5.32 Å². The number of carbonyl (C=O) groups is 1. The summed E-state index contributed by atoms with van der Waals surface area (Å²) in [5.41, 5.74) is 0.959. The van der Waals surface area contributed by atoms with Crippen LogP contribution in [-0.2, 0) is 16.1 Å². The van der Waals surface area contributed by atoms with Crippen molar-refractivity contribution < 1.29 is 19.4 Å². The molecule has 0 aliphatic carbocycles. The van der Waals surface area contributed by atoms with Crippen molar-refractivity contribution in [3.8, 4) is 0 Å². The van der Waals surface area contributed by atoms with Gasteiger partial charge in [0, 0.05) is 13.2 Å². The number of alkyl carbamates (subject to hydrolysis) is 1. The molecule has 0 aromatic heterocycles. The SMILES string of the molecule is CCCC(O)COCCCNC(=O)OCc1ccccc1. The summed E-state index contributed by atoms with van der Waals surface area (Å²) < 4.78 is 10.4. The Bertz CT molecular complexity index is 383. The van der Waals surface area contributed by atoms with Crippen LogP contribution in [0.5, 0.6) is 0 Å². The average molecular weight is 295 g/mol. The van der Waals surface area contributed by atoms with E-state index in [1.807, 2.05) is 37.3 Å². The lowest BCUT2D eigenvalue weighted by Crippen LogP contribution is -2.26. The number of aliphatic hydroxyl groups is 1. The van der Waals surface area contributed by atoms with Gasteiger partial charge in [0.25, 0.3) is 0 Å². The molecule has 5 nitrogen and oxygen atoms in total. The Hall–Kier alpha value is -1.59. The second-order valence-electron chi connectivity index (χ2n) is 4.86. The molecule has 1 aromatic rings. The maximum Gasteiger partial charge on any atom is 0.407 e. The molecule has 1 aromatic carbocycles. The van der Waals surface area contributed by atoms with Crippen molar-refractivity contribution in [1.82, 2.24) is 5.32 Å².